The van der Waals surface area contributed by atoms with Gasteiger partial charge in [0.2, 0.25) is 0 Å². The number of allylic oxidation sites excluding steroid dienone is 5. The molecule has 0 rings (SSSR count). The Labute approximate surface area is 237 Å². The minimum absolute atomic E-state index is 0.0733. The third-order valence-corrected chi connectivity index (χ3v) is 7.51. The number of ether oxygens (including phenoxy) is 1. The van der Waals surface area contributed by atoms with Crippen molar-refractivity contribution in [2.75, 3.05) is 7.11 Å². The summed E-state index contributed by atoms with van der Waals surface area (Å²) in [7, 11) is 1.31. The lowest BCUT2D eigenvalue weighted by Crippen LogP contribution is -2.27. The zero-order valence-electron chi connectivity index (χ0n) is 25.3. The Bertz CT molecular complexity index is 785. The summed E-state index contributed by atoms with van der Waals surface area (Å²) in [6.07, 6.45) is 16.7. The molecule has 0 aromatic heterocycles. The van der Waals surface area contributed by atoms with E-state index in [0.29, 0.717) is 11.8 Å². The van der Waals surface area contributed by atoms with E-state index in [-0.39, 0.29) is 36.2 Å². The summed E-state index contributed by atoms with van der Waals surface area (Å²) in [6.45, 7) is 15.9. The van der Waals surface area contributed by atoms with Gasteiger partial charge < -0.3 is 25.2 Å². The van der Waals surface area contributed by atoms with Crippen LogP contribution in [0, 0.1) is 35.5 Å². The second kappa shape index (κ2) is 20.8. The van der Waals surface area contributed by atoms with Crippen molar-refractivity contribution in [1.29, 1.82) is 0 Å². The molecule has 0 bridgehead atoms. The average Bonchev–Trinajstić information content (AvgIpc) is 2.90. The molecule has 39 heavy (non-hydrogen) atoms. The molecule has 4 N–H and O–H groups in total. The summed E-state index contributed by atoms with van der Waals surface area (Å²) in [5.41, 5.74) is 0. The van der Waals surface area contributed by atoms with Crippen LogP contribution in [0.5, 0.6) is 0 Å². The van der Waals surface area contributed by atoms with Crippen LogP contribution in [0.4, 0.5) is 0 Å². The quantitative estimate of drug-likeness (QED) is 0.0665. The van der Waals surface area contributed by atoms with Gasteiger partial charge in [0.15, 0.2) is 0 Å². The van der Waals surface area contributed by atoms with Gasteiger partial charge in [-0.15, -0.1) is 0 Å². The molecule has 0 unspecified atom stereocenters. The number of carbonyl (C=O) groups is 1. The normalized spacial score (nSPS) is 20.5. The minimum Gasteiger partial charge on any atom is -0.466 e. The molecule has 0 spiro atoms. The van der Waals surface area contributed by atoms with E-state index >= 15 is 0 Å². The molecular formula is C33H56O6. The van der Waals surface area contributed by atoms with Crippen LogP contribution in [0.2, 0.25) is 0 Å². The first kappa shape index (κ1) is 37.0. The molecule has 10 atom stereocenters. The maximum absolute atomic E-state index is 11.1. The van der Waals surface area contributed by atoms with Crippen molar-refractivity contribution in [3.05, 3.63) is 61.3 Å². The number of aliphatic hydroxyl groups excluding tert-OH is 4. The van der Waals surface area contributed by atoms with Gasteiger partial charge in [-0.05, 0) is 49.4 Å². The van der Waals surface area contributed by atoms with Gasteiger partial charge in [-0.25, -0.2) is 4.79 Å². The molecule has 0 saturated heterocycles. The Morgan fingerprint density at radius 1 is 0.744 bits per heavy atom. The number of hydrogen-bond acceptors (Lipinski definition) is 6. The van der Waals surface area contributed by atoms with Gasteiger partial charge in [-0.1, -0.05) is 96.7 Å². The van der Waals surface area contributed by atoms with Gasteiger partial charge in [0.05, 0.1) is 31.5 Å². The number of methoxy groups -OCH3 is 1. The zero-order chi connectivity index (χ0) is 30.0. The van der Waals surface area contributed by atoms with E-state index < -0.39 is 24.3 Å². The van der Waals surface area contributed by atoms with E-state index in [2.05, 4.69) is 38.2 Å². The van der Waals surface area contributed by atoms with Gasteiger partial charge in [0.1, 0.15) is 0 Å². The van der Waals surface area contributed by atoms with Crippen molar-refractivity contribution in [3.63, 3.8) is 0 Å². The highest BCUT2D eigenvalue weighted by molar-refractivity contribution is 5.82. The lowest BCUT2D eigenvalue weighted by atomic mass is 9.83. The maximum Gasteiger partial charge on any atom is 0.330 e. The molecule has 0 heterocycles. The molecule has 0 aliphatic carbocycles. The number of aliphatic hydroxyl groups is 4. The van der Waals surface area contributed by atoms with Crippen LogP contribution in [-0.4, -0.2) is 57.9 Å². The average molecular weight is 549 g/mol. The van der Waals surface area contributed by atoms with E-state index in [1.54, 1.807) is 30.4 Å². The van der Waals surface area contributed by atoms with Crippen LogP contribution in [0.25, 0.3) is 0 Å². The van der Waals surface area contributed by atoms with Crippen LogP contribution < -0.4 is 0 Å². The summed E-state index contributed by atoms with van der Waals surface area (Å²) < 4.78 is 4.52. The Balaban J connectivity index is 4.57. The van der Waals surface area contributed by atoms with Crippen molar-refractivity contribution in [2.24, 2.45) is 35.5 Å². The molecule has 0 fully saturated rings. The standard InChI is InChI=1S/C33H56O6/c1-9-10-13-23(2)20-27(6)30(35)19-16-24(3)21-28(7)33(38)26(5)17-18-29(34)22-31(36)25(4)14-11-12-15-32(37)39-8/h9-15,17-18,23-31,33-36,38H,1,16,19-22H2,2-8H3/b13-10-,14-11+,15-12-,18-17-/t23-,24-,25+,26-,27+,28-,29+,30+,31-,33-/m0/s1. The lowest BCUT2D eigenvalue weighted by molar-refractivity contribution is -0.134. The van der Waals surface area contributed by atoms with Crippen LogP contribution in [-0.2, 0) is 9.53 Å². The van der Waals surface area contributed by atoms with E-state index in [4.69, 9.17) is 0 Å². The van der Waals surface area contributed by atoms with E-state index in [1.165, 1.54) is 13.2 Å². The van der Waals surface area contributed by atoms with Gasteiger partial charge in [-0.3, -0.25) is 0 Å². The third-order valence-electron chi connectivity index (χ3n) is 7.51. The second-order valence-corrected chi connectivity index (χ2v) is 11.5. The number of esters is 1. The van der Waals surface area contributed by atoms with E-state index in [9.17, 15) is 25.2 Å². The van der Waals surface area contributed by atoms with Crippen LogP contribution >= 0.6 is 0 Å². The Morgan fingerprint density at radius 2 is 1.41 bits per heavy atom. The summed E-state index contributed by atoms with van der Waals surface area (Å²) in [6, 6.07) is 0. The van der Waals surface area contributed by atoms with Gasteiger partial charge in [0.25, 0.3) is 0 Å². The van der Waals surface area contributed by atoms with Crippen LogP contribution in [0.15, 0.2) is 61.3 Å². The van der Waals surface area contributed by atoms with Gasteiger partial charge in [-0.2, -0.15) is 0 Å². The number of carbonyl (C=O) groups excluding carboxylic acids is 1. The van der Waals surface area contributed by atoms with E-state index in [1.807, 2.05) is 32.9 Å². The molecular weight excluding hydrogens is 492 g/mol. The monoisotopic (exact) mass is 548 g/mol. The fourth-order valence-corrected chi connectivity index (χ4v) is 4.77. The SMILES string of the molecule is C=C/C=C\[C@H](C)C[C@@H](C)[C@H](O)CC[C@H](C)C[C@H](C)[C@@H](O)[C@@H](C)/C=C\[C@@H](O)C[C@H](O)[C@H](C)/C=C/C=C\C(=O)OC. The van der Waals surface area contributed by atoms with Crippen molar-refractivity contribution in [1.82, 2.24) is 0 Å². The highest BCUT2D eigenvalue weighted by atomic mass is 16.5. The predicted octanol–water partition coefficient (Wildman–Crippen LogP) is 5.78. The summed E-state index contributed by atoms with van der Waals surface area (Å²) in [4.78, 5) is 11.1. The van der Waals surface area contributed by atoms with E-state index in [0.717, 1.165) is 25.7 Å². The minimum atomic E-state index is -0.830. The lowest BCUT2D eigenvalue weighted by Gasteiger charge is -2.27. The van der Waals surface area contributed by atoms with Crippen molar-refractivity contribution in [2.45, 2.75) is 98.1 Å². The first-order chi connectivity index (χ1) is 18.3. The van der Waals surface area contributed by atoms with Crippen LogP contribution in [0.3, 0.4) is 0 Å². The Kier molecular flexibility index (Phi) is 19.8. The fourth-order valence-electron chi connectivity index (χ4n) is 4.77. The summed E-state index contributed by atoms with van der Waals surface area (Å²) >= 11 is 0. The third kappa shape index (κ3) is 17.3. The fraction of sp³-hybridized carbons (Fsp3) is 0.667. The smallest absolute Gasteiger partial charge is 0.330 e. The first-order valence-electron chi connectivity index (χ1n) is 14.4. The molecule has 6 nitrogen and oxygen atoms in total. The summed E-state index contributed by atoms with van der Waals surface area (Å²) in [5.74, 6) is 0.276. The molecule has 0 saturated carbocycles. The largest absolute Gasteiger partial charge is 0.466 e. The molecule has 0 radical (unpaired) electrons. The molecule has 0 amide bonds. The zero-order valence-corrected chi connectivity index (χ0v) is 25.3. The second-order valence-electron chi connectivity index (χ2n) is 11.5. The Hall–Kier alpha value is -1.99. The van der Waals surface area contributed by atoms with Crippen molar-refractivity contribution in [3.8, 4) is 0 Å². The molecule has 0 aromatic rings. The van der Waals surface area contributed by atoms with Crippen LogP contribution in [0.1, 0.15) is 73.6 Å². The summed E-state index contributed by atoms with van der Waals surface area (Å²) in [5, 5.41) is 42.2. The number of hydrogen-bond donors (Lipinski definition) is 4. The first-order valence-corrected chi connectivity index (χ1v) is 14.4. The Morgan fingerprint density at radius 3 is 2.03 bits per heavy atom. The molecule has 0 aromatic carbocycles. The molecule has 0 aliphatic rings. The van der Waals surface area contributed by atoms with Crippen molar-refractivity contribution < 1.29 is 30.0 Å². The van der Waals surface area contributed by atoms with Crippen molar-refractivity contribution >= 4 is 5.97 Å². The molecule has 224 valence electrons. The van der Waals surface area contributed by atoms with Gasteiger partial charge in [0, 0.05) is 24.3 Å². The maximum atomic E-state index is 11.1. The van der Waals surface area contributed by atoms with Gasteiger partial charge >= 0.3 is 5.97 Å². The topological polar surface area (TPSA) is 107 Å². The highest BCUT2D eigenvalue weighted by Crippen LogP contribution is 2.26. The predicted molar refractivity (Wildman–Crippen MR) is 161 cm³/mol. The number of rotatable bonds is 20. The molecule has 0 aliphatic heterocycles. The highest BCUT2D eigenvalue weighted by Gasteiger charge is 2.23. The molecule has 6 heteroatoms.